The molecule has 0 spiro atoms. The summed E-state index contributed by atoms with van der Waals surface area (Å²) in [6.07, 6.45) is 1.79. The number of nitrogens with two attached hydrogens (primary N) is 1. The molecule has 6 nitrogen and oxygen atoms in total. The smallest absolute Gasteiger partial charge is 0.249 e. The standard InChI is InChI=1S/C27H25N3O3S2/c28-26(31)27(19-23(20-9-3-1-4-10-20)21-11-5-2-6-12-21)30(17-18-34-27)35(32,33)24-15-7-13-22-14-8-16-29-25(22)24/h1-16,23H,17-19H2,(H2,28,31). The fraction of sp³-hybridized carbons (Fsp3) is 0.185. The number of para-hydroxylation sites is 1. The molecule has 0 radical (unpaired) electrons. The highest BCUT2D eigenvalue weighted by atomic mass is 32.2. The summed E-state index contributed by atoms with van der Waals surface area (Å²) in [5, 5.41) is 0.719. The fourth-order valence-corrected chi connectivity index (χ4v) is 8.43. The molecule has 5 rings (SSSR count). The van der Waals surface area contributed by atoms with Crippen molar-refractivity contribution in [2.24, 2.45) is 5.73 Å². The van der Waals surface area contributed by atoms with E-state index in [0.29, 0.717) is 11.3 Å². The van der Waals surface area contributed by atoms with Crippen molar-refractivity contribution < 1.29 is 13.2 Å². The summed E-state index contributed by atoms with van der Waals surface area (Å²) in [7, 11) is -4.08. The van der Waals surface area contributed by atoms with Gasteiger partial charge in [-0.25, -0.2) is 8.42 Å². The van der Waals surface area contributed by atoms with Crippen LogP contribution in [0.15, 0.2) is 102 Å². The quantitative estimate of drug-likeness (QED) is 0.404. The van der Waals surface area contributed by atoms with E-state index in [4.69, 9.17) is 5.73 Å². The second kappa shape index (κ2) is 9.45. The van der Waals surface area contributed by atoms with Crippen molar-refractivity contribution >= 4 is 38.6 Å². The number of fused-ring (bicyclic) bond motifs is 1. The summed E-state index contributed by atoms with van der Waals surface area (Å²) >= 11 is 1.30. The van der Waals surface area contributed by atoms with Crippen LogP contribution < -0.4 is 5.73 Å². The number of benzene rings is 3. The Hall–Kier alpha value is -3.20. The predicted molar refractivity (Wildman–Crippen MR) is 139 cm³/mol. The van der Waals surface area contributed by atoms with Gasteiger partial charge >= 0.3 is 0 Å². The van der Waals surface area contributed by atoms with Gasteiger partial charge in [0.15, 0.2) is 4.87 Å². The number of sulfonamides is 1. The minimum Gasteiger partial charge on any atom is -0.367 e. The first-order valence-electron chi connectivity index (χ1n) is 11.3. The Morgan fingerprint density at radius 1 is 0.943 bits per heavy atom. The van der Waals surface area contributed by atoms with Gasteiger partial charge in [0.1, 0.15) is 4.90 Å². The van der Waals surface area contributed by atoms with Gasteiger partial charge in [0.25, 0.3) is 0 Å². The van der Waals surface area contributed by atoms with E-state index >= 15 is 0 Å². The van der Waals surface area contributed by atoms with Gasteiger partial charge in [-0.05, 0) is 29.7 Å². The lowest BCUT2D eigenvalue weighted by atomic mass is 9.85. The molecule has 4 aromatic rings. The van der Waals surface area contributed by atoms with Crippen LogP contribution in [0, 0.1) is 0 Å². The number of amides is 1. The maximum atomic E-state index is 14.1. The van der Waals surface area contributed by atoms with Crippen molar-refractivity contribution in [2.45, 2.75) is 22.1 Å². The van der Waals surface area contributed by atoms with Crippen molar-refractivity contribution in [3.63, 3.8) is 0 Å². The molecule has 1 atom stereocenters. The lowest BCUT2D eigenvalue weighted by Gasteiger charge is -2.37. The third kappa shape index (κ3) is 4.22. The highest BCUT2D eigenvalue weighted by Crippen LogP contribution is 2.47. The molecule has 0 bridgehead atoms. The van der Waals surface area contributed by atoms with Crippen molar-refractivity contribution in [1.29, 1.82) is 0 Å². The zero-order chi connectivity index (χ0) is 24.5. The minimum atomic E-state index is -4.08. The Labute approximate surface area is 209 Å². The zero-order valence-corrected chi connectivity index (χ0v) is 20.6. The van der Waals surface area contributed by atoms with E-state index in [-0.39, 0.29) is 23.8 Å². The molecule has 2 heterocycles. The number of pyridine rings is 1. The molecule has 1 fully saturated rings. The summed E-state index contributed by atoms with van der Waals surface area (Å²) in [6, 6.07) is 28.3. The van der Waals surface area contributed by atoms with Crippen LogP contribution in [0.5, 0.6) is 0 Å². The molecule has 1 aliphatic heterocycles. The van der Waals surface area contributed by atoms with E-state index < -0.39 is 20.8 Å². The van der Waals surface area contributed by atoms with Gasteiger partial charge in [-0.2, -0.15) is 4.31 Å². The average Bonchev–Trinajstić information content (AvgIpc) is 3.34. The van der Waals surface area contributed by atoms with E-state index in [1.165, 1.54) is 16.1 Å². The monoisotopic (exact) mass is 503 g/mol. The Kier molecular flexibility index (Phi) is 6.35. The molecule has 0 saturated carbocycles. The van der Waals surface area contributed by atoms with E-state index in [0.717, 1.165) is 16.5 Å². The molecular formula is C27H25N3O3S2. The second-order valence-electron chi connectivity index (χ2n) is 8.48. The normalized spacial score (nSPS) is 18.8. The summed E-state index contributed by atoms with van der Waals surface area (Å²) < 4.78 is 29.5. The average molecular weight is 504 g/mol. The first kappa shape index (κ1) is 23.5. The number of nitrogens with zero attached hydrogens (tertiary/aromatic N) is 2. The van der Waals surface area contributed by atoms with Crippen LogP contribution in [0.1, 0.15) is 23.5 Å². The Balaban J connectivity index is 1.63. The van der Waals surface area contributed by atoms with Gasteiger partial charge in [-0.15, -0.1) is 11.8 Å². The van der Waals surface area contributed by atoms with Crippen molar-refractivity contribution in [3.05, 3.63) is 108 Å². The van der Waals surface area contributed by atoms with Gasteiger partial charge in [0, 0.05) is 29.8 Å². The molecule has 35 heavy (non-hydrogen) atoms. The third-order valence-corrected chi connectivity index (χ3v) is 10.00. The molecule has 8 heteroatoms. The fourth-order valence-electron chi connectivity index (χ4n) is 4.80. The highest BCUT2D eigenvalue weighted by Gasteiger charge is 2.54. The Morgan fingerprint density at radius 2 is 1.57 bits per heavy atom. The molecule has 1 amide bonds. The number of hydrogen-bond acceptors (Lipinski definition) is 5. The van der Waals surface area contributed by atoms with Gasteiger partial charge in [-0.3, -0.25) is 9.78 Å². The topological polar surface area (TPSA) is 93.4 Å². The van der Waals surface area contributed by atoms with Crippen molar-refractivity contribution in [3.8, 4) is 0 Å². The number of carbonyl (C=O) groups excluding carboxylic acids is 1. The van der Waals surface area contributed by atoms with Crippen LogP contribution in [0.3, 0.4) is 0 Å². The number of carbonyl (C=O) groups is 1. The predicted octanol–water partition coefficient (Wildman–Crippen LogP) is 4.38. The first-order chi connectivity index (χ1) is 16.9. The molecule has 3 aromatic carbocycles. The van der Waals surface area contributed by atoms with Crippen LogP contribution in [0.4, 0.5) is 0 Å². The summed E-state index contributed by atoms with van der Waals surface area (Å²) in [5.74, 6) is -0.413. The van der Waals surface area contributed by atoms with Gasteiger partial charge in [0.2, 0.25) is 15.9 Å². The molecule has 1 saturated heterocycles. The van der Waals surface area contributed by atoms with Gasteiger partial charge < -0.3 is 5.73 Å². The molecule has 2 N–H and O–H groups in total. The summed E-state index contributed by atoms with van der Waals surface area (Å²) in [5.41, 5.74) is 8.41. The lowest BCUT2D eigenvalue weighted by Crippen LogP contribution is -2.55. The maximum Gasteiger partial charge on any atom is 0.249 e. The van der Waals surface area contributed by atoms with Gasteiger partial charge in [-0.1, -0.05) is 78.9 Å². The van der Waals surface area contributed by atoms with Gasteiger partial charge in [0.05, 0.1) is 5.52 Å². The largest absolute Gasteiger partial charge is 0.367 e. The van der Waals surface area contributed by atoms with Crippen LogP contribution in [-0.2, 0) is 14.8 Å². The minimum absolute atomic E-state index is 0.0831. The molecule has 0 aliphatic carbocycles. The number of thioether (sulfide) groups is 1. The third-order valence-electron chi connectivity index (χ3n) is 6.47. The number of primary amides is 1. The first-order valence-corrected chi connectivity index (χ1v) is 13.8. The van der Waals surface area contributed by atoms with Crippen LogP contribution >= 0.6 is 11.8 Å². The maximum absolute atomic E-state index is 14.1. The van der Waals surface area contributed by atoms with E-state index in [1.807, 2.05) is 72.8 Å². The number of hydrogen-bond donors (Lipinski definition) is 1. The Morgan fingerprint density at radius 3 is 2.20 bits per heavy atom. The van der Waals surface area contributed by atoms with E-state index in [9.17, 15) is 13.2 Å². The highest BCUT2D eigenvalue weighted by molar-refractivity contribution is 8.02. The molecule has 178 valence electrons. The van der Waals surface area contributed by atoms with Crippen molar-refractivity contribution in [2.75, 3.05) is 12.3 Å². The summed E-state index contributed by atoms with van der Waals surface area (Å²) in [6.45, 7) is 0.190. The molecule has 1 aromatic heterocycles. The Bertz CT molecular complexity index is 1420. The SMILES string of the molecule is NC(=O)C1(CC(c2ccccc2)c2ccccc2)SCCN1S(=O)(=O)c1cccc2cccnc12. The lowest BCUT2D eigenvalue weighted by molar-refractivity contribution is -0.123. The molecule has 1 aliphatic rings. The zero-order valence-electron chi connectivity index (χ0n) is 18.9. The number of rotatable bonds is 7. The van der Waals surface area contributed by atoms with Crippen LogP contribution in [0.2, 0.25) is 0 Å². The van der Waals surface area contributed by atoms with Crippen LogP contribution in [-0.4, -0.2) is 40.8 Å². The summed E-state index contributed by atoms with van der Waals surface area (Å²) in [4.78, 5) is 16.1. The second-order valence-corrected chi connectivity index (χ2v) is 11.7. The van der Waals surface area contributed by atoms with Crippen LogP contribution in [0.25, 0.3) is 10.9 Å². The van der Waals surface area contributed by atoms with E-state index in [1.54, 1.807) is 24.4 Å². The molecular weight excluding hydrogens is 478 g/mol. The van der Waals surface area contributed by atoms with Crippen molar-refractivity contribution in [1.82, 2.24) is 9.29 Å². The van der Waals surface area contributed by atoms with E-state index in [2.05, 4.69) is 4.98 Å². The number of aromatic nitrogens is 1. The molecule has 1 unspecified atom stereocenters.